The average molecular weight is 563 g/mol. The van der Waals surface area contributed by atoms with Crippen LogP contribution in [-0.4, -0.2) is 47.6 Å². The maximum absolute atomic E-state index is 13.8. The molecule has 1 amide bonds. The summed E-state index contributed by atoms with van der Waals surface area (Å²) in [7, 11) is -2.26. The smallest absolute Gasteiger partial charge is 0.243 e. The number of rotatable bonds is 9. The van der Waals surface area contributed by atoms with Crippen LogP contribution in [0.4, 0.5) is 17.1 Å². The molecule has 1 heterocycles. The topological polar surface area (TPSA) is 91.0 Å². The number of amides is 1. The molecule has 0 radical (unpaired) electrons. The van der Waals surface area contributed by atoms with E-state index in [1.54, 1.807) is 13.2 Å². The van der Waals surface area contributed by atoms with E-state index in [0.29, 0.717) is 24.5 Å². The molecule has 2 N–H and O–H groups in total. The molecule has 5 rings (SSSR count). The molecule has 0 aromatic heterocycles. The van der Waals surface area contributed by atoms with Gasteiger partial charge in [0.2, 0.25) is 15.9 Å². The highest BCUT2D eigenvalue weighted by atomic mass is 32.2. The van der Waals surface area contributed by atoms with Crippen molar-refractivity contribution in [2.75, 3.05) is 48.4 Å². The quantitative estimate of drug-likeness (QED) is 0.373. The highest BCUT2D eigenvalue weighted by Crippen LogP contribution is 2.33. The van der Waals surface area contributed by atoms with E-state index in [9.17, 15) is 13.2 Å². The van der Waals surface area contributed by atoms with Crippen LogP contribution in [-0.2, 0) is 14.8 Å². The van der Waals surface area contributed by atoms with Crippen molar-refractivity contribution < 1.29 is 17.9 Å². The number of hydrogen-bond donors (Lipinski definition) is 2. The van der Waals surface area contributed by atoms with Crippen LogP contribution >= 0.6 is 0 Å². The summed E-state index contributed by atoms with van der Waals surface area (Å²) in [6, 6.07) is 22.3. The number of carbonyl (C=O) groups is 1. The molecule has 8 nitrogen and oxygen atoms in total. The number of methoxy groups -OCH3 is 1. The zero-order valence-electron chi connectivity index (χ0n) is 23.2. The minimum atomic E-state index is -3.91. The number of nitrogens with zero attached hydrogens (tertiary/aromatic N) is 2. The predicted octanol–water partition coefficient (Wildman–Crippen LogP) is 5.19. The van der Waals surface area contributed by atoms with Gasteiger partial charge < -0.3 is 19.9 Å². The number of anilines is 3. The van der Waals surface area contributed by atoms with Gasteiger partial charge in [0.1, 0.15) is 10.6 Å². The number of benzene rings is 3. The lowest BCUT2D eigenvalue weighted by atomic mass is 10.1. The first kappa shape index (κ1) is 28.0. The lowest BCUT2D eigenvalue weighted by Gasteiger charge is -2.38. The van der Waals surface area contributed by atoms with E-state index in [1.165, 1.54) is 0 Å². The number of hydrogen-bond acceptors (Lipinski definition) is 6. The lowest BCUT2D eigenvalue weighted by Crippen LogP contribution is -2.47. The zero-order valence-corrected chi connectivity index (χ0v) is 24.0. The van der Waals surface area contributed by atoms with Gasteiger partial charge in [-0.15, -0.1) is 0 Å². The summed E-state index contributed by atoms with van der Waals surface area (Å²) in [5.41, 5.74) is 3.13. The second-order valence-electron chi connectivity index (χ2n) is 10.6. The van der Waals surface area contributed by atoms with Gasteiger partial charge in [0, 0.05) is 49.5 Å². The maximum atomic E-state index is 13.8. The molecule has 3 aromatic carbocycles. The van der Waals surface area contributed by atoms with Crippen molar-refractivity contribution in [1.29, 1.82) is 0 Å². The van der Waals surface area contributed by atoms with Gasteiger partial charge in [-0.3, -0.25) is 4.79 Å². The Morgan fingerprint density at radius 1 is 0.900 bits per heavy atom. The van der Waals surface area contributed by atoms with Gasteiger partial charge in [0.15, 0.2) is 0 Å². The van der Waals surface area contributed by atoms with Crippen LogP contribution in [0.2, 0.25) is 0 Å². The maximum Gasteiger partial charge on any atom is 0.243 e. The summed E-state index contributed by atoms with van der Waals surface area (Å²) in [6.45, 7) is 4.67. The van der Waals surface area contributed by atoms with E-state index in [4.69, 9.17) is 4.74 Å². The number of sulfonamides is 1. The Bertz CT molecular complexity index is 1400. The standard InChI is InChI=1S/C31H38N4O4S/c1-23(24-8-4-3-5-9-24)33-40(37,38)30-22-26(32-31(36)25-10-6-7-11-25)12-17-29(30)35-20-18-34(19-21-35)27-13-15-28(39-2)16-14-27/h3-5,8-9,12-17,22-23,25,33H,6-7,10-11,18-21H2,1-2H3,(H,32,36). The van der Waals surface area contributed by atoms with E-state index < -0.39 is 16.1 Å². The molecule has 2 fully saturated rings. The Labute approximate surface area is 237 Å². The number of nitrogens with one attached hydrogen (secondary N) is 2. The first-order valence-corrected chi connectivity index (χ1v) is 15.5. The van der Waals surface area contributed by atoms with E-state index in [-0.39, 0.29) is 16.7 Å². The third-order valence-corrected chi connectivity index (χ3v) is 9.50. The molecular formula is C31H38N4O4S. The van der Waals surface area contributed by atoms with Crippen LogP contribution in [0.3, 0.4) is 0 Å². The molecule has 3 aromatic rings. The van der Waals surface area contributed by atoms with Crippen LogP contribution in [0.25, 0.3) is 0 Å². The molecule has 1 saturated carbocycles. The first-order valence-electron chi connectivity index (χ1n) is 14.0. The fourth-order valence-corrected chi connectivity index (χ4v) is 7.09. The summed E-state index contributed by atoms with van der Waals surface area (Å²) >= 11 is 0. The van der Waals surface area contributed by atoms with Gasteiger partial charge >= 0.3 is 0 Å². The second kappa shape index (κ2) is 12.3. The summed E-state index contributed by atoms with van der Waals surface area (Å²) < 4.78 is 35.8. The summed E-state index contributed by atoms with van der Waals surface area (Å²) in [4.78, 5) is 17.4. The van der Waals surface area contributed by atoms with Crippen LogP contribution in [0.5, 0.6) is 5.75 Å². The summed E-state index contributed by atoms with van der Waals surface area (Å²) in [5.74, 6) is 0.767. The average Bonchev–Trinajstić information content (AvgIpc) is 3.53. The molecule has 0 bridgehead atoms. The van der Waals surface area contributed by atoms with Gasteiger partial charge in [-0.2, -0.15) is 0 Å². The molecule has 40 heavy (non-hydrogen) atoms. The Morgan fingerprint density at radius 3 is 2.20 bits per heavy atom. The second-order valence-corrected chi connectivity index (χ2v) is 12.3. The SMILES string of the molecule is COc1ccc(N2CCN(c3ccc(NC(=O)C4CCCC4)cc3S(=O)(=O)NC(C)c3ccccc3)CC2)cc1. The molecule has 2 aliphatic rings. The lowest BCUT2D eigenvalue weighted by molar-refractivity contribution is -0.119. The van der Waals surface area contributed by atoms with E-state index in [1.807, 2.05) is 73.7 Å². The van der Waals surface area contributed by atoms with Gasteiger partial charge in [0.25, 0.3) is 0 Å². The fourth-order valence-electron chi connectivity index (χ4n) is 5.61. The summed E-state index contributed by atoms with van der Waals surface area (Å²) in [5, 5.41) is 2.98. The normalized spacial score (nSPS) is 17.1. The largest absolute Gasteiger partial charge is 0.497 e. The van der Waals surface area contributed by atoms with E-state index in [2.05, 4.69) is 19.8 Å². The molecule has 9 heteroatoms. The zero-order chi connectivity index (χ0) is 28.1. The number of carbonyl (C=O) groups excluding carboxylic acids is 1. The van der Waals surface area contributed by atoms with Crippen LogP contribution < -0.4 is 24.6 Å². The van der Waals surface area contributed by atoms with Crippen LogP contribution in [0, 0.1) is 5.92 Å². The minimum absolute atomic E-state index is 0.0120. The van der Waals surface area contributed by atoms with Crippen molar-refractivity contribution in [3.8, 4) is 5.75 Å². The van der Waals surface area contributed by atoms with Gasteiger partial charge in [-0.1, -0.05) is 43.2 Å². The predicted molar refractivity (Wildman–Crippen MR) is 160 cm³/mol. The number of piperazine rings is 1. The third-order valence-electron chi connectivity index (χ3n) is 7.93. The van der Waals surface area contributed by atoms with Crippen molar-refractivity contribution >= 4 is 33.0 Å². The highest BCUT2D eigenvalue weighted by Gasteiger charge is 2.28. The minimum Gasteiger partial charge on any atom is -0.497 e. The van der Waals surface area contributed by atoms with Crippen molar-refractivity contribution in [1.82, 2.24) is 4.72 Å². The first-order chi connectivity index (χ1) is 19.3. The molecular weight excluding hydrogens is 524 g/mol. The molecule has 1 unspecified atom stereocenters. The Kier molecular flexibility index (Phi) is 8.61. The van der Waals surface area contributed by atoms with E-state index in [0.717, 1.165) is 55.8 Å². The van der Waals surface area contributed by atoms with Gasteiger partial charge in [0.05, 0.1) is 12.8 Å². The van der Waals surface area contributed by atoms with Crippen molar-refractivity contribution in [2.45, 2.75) is 43.5 Å². The Hall–Kier alpha value is -3.56. The van der Waals surface area contributed by atoms with Crippen LogP contribution in [0.1, 0.15) is 44.2 Å². The molecule has 1 aliphatic carbocycles. The van der Waals surface area contributed by atoms with Gasteiger partial charge in [-0.05, 0) is 67.8 Å². The third kappa shape index (κ3) is 6.42. The fraction of sp³-hybridized carbons (Fsp3) is 0.387. The van der Waals surface area contributed by atoms with Crippen LogP contribution in [0.15, 0.2) is 77.7 Å². The van der Waals surface area contributed by atoms with Crippen molar-refractivity contribution in [3.63, 3.8) is 0 Å². The van der Waals surface area contributed by atoms with Gasteiger partial charge in [-0.25, -0.2) is 13.1 Å². The monoisotopic (exact) mass is 562 g/mol. The molecule has 1 atom stereocenters. The van der Waals surface area contributed by atoms with E-state index >= 15 is 0 Å². The summed E-state index contributed by atoms with van der Waals surface area (Å²) in [6.07, 6.45) is 3.87. The number of ether oxygens (including phenoxy) is 1. The highest BCUT2D eigenvalue weighted by molar-refractivity contribution is 7.89. The molecule has 212 valence electrons. The molecule has 1 saturated heterocycles. The van der Waals surface area contributed by atoms with Crippen molar-refractivity contribution in [2.24, 2.45) is 5.92 Å². The molecule has 0 spiro atoms. The molecule has 1 aliphatic heterocycles. The van der Waals surface area contributed by atoms with Crippen molar-refractivity contribution in [3.05, 3.63) is 78.4 Å². The Balaban J connectivity index is 1.39. The Morgan fingerprint density at radius 2 is 1.55 bits per heavy atom.